The number of methoxy groups -OCH3 is 1. The standard InChI is InChI=1S/C26H23N3O4/c1-26(16-7-4-3-5-8-16,25(32)29-18-11-13-20(33-2)14-12-18)17-9-6-10-19(15-17)28-22-21(27)23(30)24(22)31/h3-15,28H,27H2,1-2H3,(H,29,32). The number of ether oxygens (including phenoxy) is 1. The highest BCUT2D eigenvalue weighted by Gasteiger charge is 2.37. The molecule has 0 aliphatic carbocycles. The predicted molar refractivity (Wildman–Crippen MR) is 130 cm³/mol. The van der Waals surface area contributed by atoms with Crippen LogP contribution >= 0.6 is 0 Å². The molecular weight excluding hydrogens is 418 g/mol. The van der Waals surface area contributed by atoms with Gasteiger partial charge in [-0.05, 0) is 54.4 Å². The zero-order chi connectivity index (χ0) is 23.6. The minimum Gasteiger partial charge on any atom is -0.497 e. The van der Waals surface area contributed by atoms with E-state index in [1.54, 1.807) is 49.6 Å². The van der Waals surface area contributed by atoms with Crippen molar-refractivity contribution in [2.75, 3.05) is 23.5 Å². The number of hydrogen-bond donors (Lipinski definition) is 3. The summed E-state index contributed by atoms with van der Waals surface area (Å²) in [6.07, 6.45) is 0. The maximum Gasteiger partial charge on any atom is 0.253 e. The number of hydrogen-bond acceptors (Lipinski definition) is 6. The van der Waals surface area contributed by atoms with Crippen LogP contribution in [0, 0.1) is 0 Å². The topological polar surface area (TPSA) is 111 Å². The van der Waals surface area contributed by atoms with E-state index < -0.39 is 16.3 Å². The molecule has 0 radical (unpaired) electrons. The Morgan fingerprint density at radius 1 is 0.848 bits per heavy atom. The van der Waals surface area contributed by atoms with Crippen LogP contribution in [0.2, 0.25) is 0 Å². The van der Waals surface area contributed by atoms with Crippen molar-refractivity contribution in [1.29, 1.82) is 0 Å². The minimum absolute atomic E-state index is 0.0706. The van der Waals surface area contributed by atoms with Crippen LogP contribution in [0.5, 0.6) is 5.75 Å². The molecule has 166 valence electrons. The van der Waals surface area contributed by atoms with E-state index in [-0.39, 0.29) is 17.3 Å². The average molecular weight is 441 g/mol. The van der Waals surface area contributed by atoms with Crippen LogP contribution in [0.15, 0.2) is 88.5 Å². The number of anilines is 4. The first-order chi connectivity index (χ1) is 15.8. The summed E-state index contributed by atoms with van der Waals surface area (Å²) in [5.41, 5.74) is 5.90. The summed E-state index contributed by atoms with van der Waals surface area (Å²) in [7, 11) is 1.58. The van der Waals surface area contributed by atoms with Gasteiger partial charge in [0.1, 0.15) is 17.1 Å². The fourth-order valence-electron chi connectivity index (χ4n) is 3.72. The molecule has 0 heterocycles. The molecule has 0 saturated heterocycles. The summed E-state index contributed by atoms with van der Waals surface area (Å²) in [4.78, 5) is 36.9. The van der Waals surface area contributed by atoms with Crippen LogP contribution in [0.4, 0.5) is 22.7 Å². The summed E-state index contributed by atoms with van der Waals surface area (Å²) in [5, 5.41) is 5.90. The normalized spacial score (nSPS) is 12.7. The monoisotopic (exact) mass is 441 g/mol. The van der Waals surface area contributed by atoms with Crippen LogP contribution in [0.3, 0.4) is 0 Å². The van der Waals surface area contributed by atoms with Crippen molar-refractivity contribution in [3.05, 3.63) is 110 Å². The van der Waals surface area contributed by atoms with Crippen molar-refractivity contribution in [1.82, 2.24) is 0 Å². The first kappa shape index (κ1) is 21.8. The Morgan fingerprint density at radius 3 is 2.15 bits per heavy atom. The molecule has 0 bridgehead atoms. The van der Waals surface area contributed by atoms with Gasteiger partial charge in [-0.2, -0.15) is 0 Å². The van der Waals surface area contributed by atoms with Gasteiger partial charge in [-0.3, -0.25) is 14.4 Å². The number of carbonyl (C=O) groups excluding carboxylic acids is 1. The number of nitrogens with two attached hydrogens (primary N) is 1. The maximum absolute atomic E-state index is 13.6. The maximum atomic E-state index is 13.6. The molecule has 0 spiro atoms. The van der Waals surface area contributed by atoms with Crippen molar-refractivity contribution in [2.24, 2.45) is 0 Å². The lowest BCUT2D eigenvalue weighted by molar-refractivity contribution is -0.119. The largest absolute Gasteiger partial charge is 0.497 e. The lowest BCUT2D eigenvalue weighted by Gasteiger charge is -2.30. The van der Waals surface area contributed by atoms with Crippen molar-refractivity contribution in [2.45, 2.75) is 12.3 Å². The fourth-order valence-corrected chi connectivity index (χ4v) is 3.72. The van der Waals surface area contributed by atoms with Gasteiger partial charge in [-0.1, -0.05) is 42.5 Å². The second kappa shape index (κ2) is 8.63. The third kappa shape index (κ3) is 3.96. The highest BCUT2D eigenvalue weighted by molar-refractivity contribution is 6.01. The first-order valence-corrected chi connectivity index (χ1v) is 10.3. The van der Waals surface area contributed by atoms with Gasteiger partial charge in [0.05, 0.1) is 12.5 Å². The first-order valence-electron chi connectivity index (χ1n) is 10.3. The molecule has 1 atom stereocenters. The minimum atomic E-state index is -1.06. The molecule has 4 aromatic carbocycles. The molecule has 7 nitrogen and oxygen atoms in total. The summed E-state index contributed by atoms with van der Waals surface area (Å²) in [6, 6.07) is 23.7. The number of carbonyl (C=O) groups is 1. The molecule has 4 N–H and O–H groups in total. The van der Waals surface area contributed by atoms with Gasteiger partial charge in [0.15, 0.2) is 0 Å². The van der Waals surface area contributed by atoms with Crippen LogP contribution in [0.25, 0.3) is 0 Å². The second-order valence-corrected chi connectivity index (χ2v) is 7.83. The van der Waals surface area contributed by atoms with E-state index in [4.69, 9.17) is 10.5 Å². The van der Waals surface area contributed by atoms with Crippen LogP contribution in [-0.4, -0.2) is 13.0 Å². The van der Waals surface area contributed by atoms with Gasteiger partial charge in [0.2, 0.25) is 5.91 Å². The van der Waals surface area contributed by atoms with Gasteiger partial charge in [-0.25, -0.2) is 0 Å². The zero-order valence-corrected chi connectivity index (χ0v) is 18.2. The quantitative estimate of drug-likeness (QED) is 0.378. The predicted octanol–water partition coefficient (Wildman–Crippen LogP) is 3.56. The molecular formula is C26H23N3O4. The number of nitrogens with one attached hydrogen (secondary N) is 2. The Labute approximate surface area is 190 Å². The van der Waals surface area contributed by atoms with Gasteiger partial charge in [-0.15, -0.1) is 0 Å². The Bertz CT molecular complexity index is 1370. The molecule has 4 aromatic rings. The molecule has 0 aliphatic heterocycles. The summed E-state index contributed by atoms with van der Waals surface area (Å²) in [5.74, 6) is 0.458. The van der Waals surface area contributed by atoms with Crippen molar-refractivity contribution < 1.29 is 9.53 Å². The molecule has 1 unspecified atom stereocenters. The van der Waals surface area contributed by atoms with Gasteiger partial charge < -0.3 is 21.1 Å². The molecule has 33 heavy (non-hydrogen) atoms. The lowest BCUT2D eigenvalue weighted by Crippen LogP contribution is -2.39. The van der Waals surface area contributed by atoms with E-state index in [2.05, 4.69) is 10.6 Å². The second-order valence-electron chi connectivity index (χ2n) is 7.83. The van der Waals surface area contributed by atoms with Crippen LogP contribution in [0.1, 0.15) is 18.1 Å². The zero-order valence-electron chi connectivity index (χ0n) is 18.2. The van der Waals surface area contributed by atoms with Crippen molar-refractivity contribution in [3.63, 3.8) is 0 Å². The fraction of sp³-hybridized carbons (Fsp3) is 0.115. The Balaban J connectivity index is 1.72. The highest BCUT2D eigenvalue weighted by atomic mass is 16.5. The number of amides is 1. The Hall–Kier alpha value is -4.39. The van der Waals surface area contributed by atoms with Crippen LogP contribution < -0.4 is 32.0 Å². The van der Waals surface area contributed by atoms with Gasteiger partial charge in [0.25, 0.3) is 10.9 Å². The van der Waals surface area contributed by atoms with E-state index >= 15 is 0 Å². The molecule has 1 amide bonds. The number of nitrogen functional groups attached to an aromatic ring is 1. The molecule has 0 aromatic heterocycles. The van der Waals surface area contributed by atoms with Crippen molar-refractivity contribution >= 4 is 28.7 Å². The molecule has 0 fully saturated rings. The molecule has 0 saturated carbocycles. The lowest BCUT2D eigenvalue weighted by atomic mass is 9.75. The van der Waals surface area contributed by atoms with Crippen LogP contribution in [-0.2, 0) is 10.2 Å². The smallest absolute Gasteiger partial charge is 0.253 e. The average Bonchev–Trinajstić information content (AvgIpc) is 2.87. The summed E-state index contributed by atoms with van der Waals surface area (Å²) in [6.45, 7) is 1.84. The van der Waals surface area contributed by atoms with Gasteiger partial charge >= 0.3 is 0 Å². The van der Waals surface area contributed by atoms with Gasteiger partial charge in [0, 0.05) is 11.4 Å². The summed E-state index contributed by atoms with van der Waals surface area (Å²) < 4.78 is 5.18. The Morgan fingerprint density at radius 2 is 1.52 bits per heavy atom. The van der Waals surface area contributed by atoms with E-state index in [0.717, 1.165) is 5.56 Å². The third-order valence-corrected chi connectivity index (χ3v) is 5.81. The summed E-state index contributed by atoms with van der Waals surface area (Å²) >= 11 is 0. The SMILES string of the molecule is COc1ccc(NC(=O)C(C)(c2ccccc2)c2cccc(Nc3c(N)c(=O)c3=O)c2)cc1. The highest BCUT2D eigenvalue weighted by Crippen LogP contribution is 2.35. The van der Waals surface area contributed by atoms with Crippen molar-refractivity contribution in [3.8, 4) is 5.75 Å². The van der Waals surface area contributed by atoms with E-state index in [0.29, 0.717) is 22.7 Å². The molecule has 4 rings (SSSR count). The van der Waals surface area contributed by atoms with E-state index in [1.165, 1.54) is 0 Å². The number of benzene rings is 3. The van der Waals surface area contributed by atoms with E-state index in [9.17, 15) is 14.4 Å². The third-order valence-electron chi connectivity index (χ3n) is 5.81. The number of rotatable bonds is 7. The molecule has 7 heteroatoms. The van der Waals surface area contributed by atoms with E-state index in [1.807, 2.05) is 43.3 Å². The Kier molecular flexibility index (Phi) is 5.70. The molecule has 0 aliphatic rings.